The van der Waals surface area contributed by atoms with E-state index in [-0.39, 0.29) is 6.61 Å². The Morgan fingerprint density at radius 2 is 1.96 bits per heavy atom. The number of benzene rings is 2. The minimum atomic E-state index is -0.598. The number of nitrogens with one attached hydrogen (secondary N) is 1. The van der Waals surface area contributed by atoms with Gasteiger partial charge >= 0.3 is 5.97 Å². The maximum absolute atomic E-state index is 11.8. The normalized spacial score (nSPS) is 10.2. The molecular weight excluding hydrogens is 384 g/mol. The molecule has 25 heavy (non-hydrogen) atoms. The molecule has 2 aromatic carbocycles. The first kappa shape index (κ1) is 18.4. The summed E-state index contributed by atoms with van der Waals surface area (Å²) in [4.78, 5) is 23.4. The van der Waals surface area contributed by atoms with Crippen molar-refractivity contribution in [3.05, 3.63) is 70.2 Å². The van der Waals surface area contributed by atoms with Crippen LogP contribution in [-0.2, 0) is 20.7 Å². The number of esters is 1. The number of carbonyl (C=O) groups excluding carboxylic acids is 2. The molecule has 0 fully saturated rings. The molecule has 0 bridgehead atoms. The third-order valence-corrected chi connectivity index (χ3v) is 3.62. The Morgan fingerprint density at radius 1 is 1.20 bits per heavy atom. The fourth-order valence-electron chi connectivity index (χ4n) is 1.95. The number of ether oxygens (including phenoxy) is 1. The van der Waals surface area contributed by atoms with E-state index in [1.54, 1.807) is 30.3 Å². The smallest absolute Gasteiger partial charge is 0.331 e. The van der Waals surface area contributed by atoms with E-state index in [4.69, 9.17) is 10.00 Å². The topological polar surface area (TPSA) is 79.2 Å². The van der Waals surface area contributed by atoms with Crippen molar-refractivity contribution in [2.75, 3.05) is 11.9 Å². The van der Waals surface area contributed by atoms with E-state index >= 15 is 0 Å². The van der Waals surface area contributed by atoms with E-state index in [0.29, 0.717) is 12.1 Å². The molecule has 0 aromatic heterocycles. The highest BCUT2D eigenvalue weighted by Gasteiger charge is 2.06. The highest BCUT2D eigenvalue weighted by atomic mass is 79.9. The zero-order chi connectivity index (χ0) is 18.1. The number of hydrogen-bond donors (Lipinski definition) is 1. The van der Waals surface area contributed by atoms with Crippen LogP contribution < -0.4 is 5.32 Å². The molecule has 1 N–H and O–H groups in total. The Bertz CT molecular complexity index is 823. The molecule has 5 nitrogen and oxygen atoms in total. The number of halogens is 1. The lowest BCUT2D eigenvalue weighted by Crippen LogP contribution is -2.20. The monoisotopic (exact) mass is 398 g/mol. The standard InChI is InChI=1S/C19H15BrN2O3/c20-16-3-1-2-15(12-16)6-9-19(24)25-13-18(23)22-17-7-4-14(5-8-17)10-11-21/h1-9,12H,10,13H2,(H,22,23)/b9-6+. The highest BCUT2D eigenvalue weighted by molar-refractivity contribution is 9.10. The van der Waals surface area contributed by atoms with Crippen molar-refractivity contribution in [3.63, 3.8) is 0 Å². The Morgan fingerprint density at radius 3 is 2.64 bits per heavy atom. The molecule has 0 saturated carbocycles. The molecule has 0 aliphatic rings. The van der Waals surface area contributed by atoms with Crippen molar-refractivity contribution in [3.8, 4) is 6.07 Å². The Hall–Kier alpha value is -2.91. The lowest BCUT2D eigenvalue weighted by Gasteiger charge is -2.06. The lowest BCUT2D eigenvalue weighted by molar-refractivity contribution is -0.142. The second-order valence-electron chi connectivity index (χ2n) is 5.08. The van der Waals surface area contributed by atoms with Gasteiger partial charge in [0.1, 0.15) is 0 Å². The van der Waals surface area contributed by atoms with Gasteiger partial charge in [0, 0.05) is 16.2 Å². The molecule has 1 amide bonds. The molecule has 0 aliphatic carbocycles. The summed E-state index contributed by atoms with van der Waals surface area (Å²) < 4.78 is 5.80. The largest absolute Gasteiger partial charge is 0.452 e. The van der Waals surface area contributed by atoms with Crippen LogP contribution in [0.15, 0.2) is 59.1 Å². The van der Waals surface area contributed by atoms with E-state index in [9.17, 15) is 9.59 Å². The van der Waals surface area contributed by atoms with Gasteiger partial charge in [-0.3, -0.25) is 4.79 Å². The number of carbonyl (C=O) groups is 2. The third-order valence-electron chi connectivity index (χ3n) is 3.13. The van der Waals surface area contributed by atoms with Gasteiger partial charge in [0.15, 0.2) is 6.61 Å². The Balaban J connectivity index is 1.79. The molecular formula is C19H15BrN2O3. The van der Waals surface area contributed by atoms with Crippen LogP contribution in [0.25, 0.3) is 6.08 Å². The van der Waals surface area contributed by atoms with Gasteiger partial charge in [0.25, 0.3) is 5.91 Å². The zero-order valence-corrected chi connectivity index (χ0v) is 14.8. The summed E-state index contributed by atoms with van der Waals surface area (Å²) in [6.07, 6.45) is 3.20. The first-order valence-electron chi connectivity index (χ1n) is 7.43. The number of amides is 1. The minimum Gasteiger partial charge on any atom is -0.452 e. The van der Waals surface area contributed by atoms with E-state index in [1.165, 1.54) is 6.08 Å². The van der Waals surface area contributed by atoms with Gasteiger partial charge in [-0.05, 0) is 41.5 Å². The number of nitriles is 1. The van der Waals surface area contributed by atoms with Gasteiger partial charge in [-0.15, -0.1) is 0 Å². The Labute approximate surface area is 154 Å². The lowest BCUT2D eigenvalue weighted by atomic mass is 10.1. The van der Waals surface area contributed by atoms with Gasteiger partial charge in [-0.1, -0.05) is 40.2 Å². The SMILES string of the molecule is N#CCc1ccc(NC(=O)COC(=O)/C=C/c2cccc(Br)c2)cc1. The molecule has 0 aliphatic heterocycles. The average molecular weight is 399 g/mol. The van der Waals surface area contributed by atoms with Crippen molar-refractivity contribution in [2.45, 2.75) is 6.42 Å². The zero-order valence-electron chi connectivity index (χ0n) is 13.2. The number of hydrogen-bond acceptors (Lipinski definition) is 4. The first-order chi connectivity index (χ1) is 12.1. The fraction of sp³-hybridized carbons (Fsp3) is 0.105. The molecule has 0 spiro atoms. The predicted octanol–water partition coefficient (Wildman–Crippen LogP) is 3.71. The molecule has 0 heterocycles. The molecule has 0 saturated heterocycles. The van der Waals surface area contributed by atoms with Crippen LogP contribution in [0.5, 0.6) is 0 Å². The summed E-state index contributed by atoms with van der Waals surface area (Å²) in [6, 6.07) is 16.4. The van der Waals surface area contributed by atoms with Crippen molar-refractivity contribution in [1.82, 2.24) is 0 Å². The second kappa shape index (κ2) is 9.40. The molecule has 0 atom stereocenters. The van der Waals surface area contributed by atoms with Crippen molar-refractivity contribution in [2.24, 2.45) is 0 Å². The van der Waals surface area contributed by atoms with Crippen LogP contribution >= 0.6 is 15.9 Å². The number of rotatable bonds is 6. The van der Waals surface area contributed by atoms with Crippen molar-refractivity contribution in [1.29, 1.82) is 5.26 Å². The van der Waals surface area contributed by atoms with Crippen LogP contribution in [0, 0.1) is 11.3 Å². The fourth-order valence-corrected chi connectivity index (χ4v) is 2.37. The third kappa shape index (κ3) is 6.61. The van der Waals surface area contributed by atoms with E-state index < -0.39 is 11.9 Å². The maximum atomic E-state index is 11.8. The number of nitrogens with zero attached hydrogens (tertiary/aromatic N) is 1. The van der Waals surface area contributed by atoms with Gasteiger partial charge in [-0.25, -0.2) is 4.79 Å². The second-order valence-corrected chi connectivity index (χ2v) is 5.99. The number of anilines is 1. The molecule has 6 heteroatoms. The van der Waals surface area contributed by atoms with Crippen molar-refractivity contribution < 1.29 is 14.3 Å². The first-order valence-corrected chi connectivity index (χ1v) is 8.22. The van der Waals surface area contributed by atoms with E-state index in [2.05, 4.69) is 21.2 Å². The van der Waals surface area contributed by atoms with Crippen LogP contribution in [0.3, 0.4) is 0 Å². The molecule has 2 rings (SSSR count). The van der Waals surface area contributed by atoms with E-state index in [0.717, 1.165) is 15.6 Å². The summed E-state index contributed by atoms with van der Waals surface area (Å²) in [5.41, 5.74) is 2.28. The summed E-state index contributed by atoms with van der Waals surface area (Å²) in [5.74, 6) is -1.03. The minimum absolute atomic E-state index is 0.316. The molecule has 0 radical (unpaired) electrons. The van der Waals surface area contributed by atoms with Gasteiger partial charge in [0.05, 0.1) is 12.5 Å². The summed E-state index contributed by atoms with van der Waals surface area (Å²) in [6.45, 7) is -0.373. The van der Waals surface area contributed by atoms with Crippen molar-refractivity contribution >= 4 is 39.6 Å². The van der Waals surface area contributed by atoms with Crippen LogP contribution in [0.2, 0.25) is 0 Å². The Kier molecular flexibility index (Phi) is 6.93. The molecule has 126 valence electrons. The summed E-state index contributed by atoms with van der Waals surface area (Å²) in [7, 11) is 0. The predicted molar refractivity (Wildman–Crippen MR) is 98.5 cm³/mol. The van der Waals surface area contributed by atoms with Gasteiger partial charge in [0.2, 0.25) is 0 Å². The van der Waals surface area contributed by atoms with Crippen LogP contribution in [0.4, 0.5) is 5.69 Å². The molecule has 2 aromatic rings. The van der Waals surface area contributed by atoms with Crippen LogP contribution in [-0.4, -0.2) is 18.5 Å². The molecule has 0 unspecified atom stereocenters. The van der Waals surface area contributed by atoms with Gasteiger partial charge in [-0.2, -0.15) is 5.26 Å². The quantitative estimate of drug-likeness (QED) is 0.593. The van der Waals surface area contributed by atoms with Gasteiger partial charge < -0.3 is 10.1 Å². The summed E-state index contributed by atoms with van der Waals surface area (Å²) in [5, 5.41) is 11.2. The highest BCUT2D eigenvalue weighted by Crippen LogP contribution is 2.13. The maximum Gasteiger partial charge on any atom is 0.331 e. The van der Waals surface area contributed by atoms with Crippen LogP contribution in [0.1, 0.15) is 11.1 Å². The summed E-state index contributed by atoms with van der Waals surface area (Å²) >= 11 is 3.34. The average Bonchev–Trinajstić information content (AvgIpc) is 2.60. The van der Waals surface area contributed by atoms with E-state index in [1.807, 2.05) is 30.3 Å².